The van der Waals surface area contributed by atoms with Gasteiger partial charge in [0.15, 0.2) is 5.78 Å². The van der Waals surface area contributed by atoms with Crippen LogP contribution in [0.1, 0.15) is 40.5 Å². The van der Waals surface area contributed by atoms with E-state index in [1.54, 1.807) is 7.11 Å². The number of hydrogen-bond acceptors (Lipinski definition) is 8. The highest BCUT2D eigenvalue weighted by Crippen LogP contribution is 2.12. The fraction of sp³-hybridized carbons (Fsp3) is 0.900. The van der Waals surface area contributed by atoms with Crippen LogP contribution in [0.3, 0.4) is 0 Å². The number of nitrogens with two attached hydrogens (primary N) is 1. The third-order valence-electron chi connectivity index (χ3n) is 4.32. The highest BCUT2D eigenvalue weighted by Gasteiger charge is 2.33. The lowest BCUT2D eigenvalue weighted by molar-refractivity contribution is -0.127. The van der Waals surface area contributed by atoms with E-state index in [-0.39, 0.29) is 17.7 Å². The predicted molar refractivity (Wildman–Crippen MR) is 116 cm³/mol. The Morgan fingerprint density at radius 1 is 1.03 bits per heavy atom. The van der Waals surface area contributed by atoms with Crippen LogP contribution >= 0.6 is 0 Å². The molecule has 0 aromatic heterocycles. The fourth-order valence-electron chi connectivity index (χ4n) is 2.78. The molecule has 0 heterocycles. The van der Waals surface area contributed by atoms with E-state index in [0.29, 0.717) is 58.8 Å². The van der Waals surface area contributed by atoms with Crippen LogP contribution in [0.4, 0.5) is 0 Å². The van der Waals surface area contributed by atoms with E-state index in [9.17, 15) is 9.59 Å². The highest BCUT2D eigenvalue weighted by molar-refractivity contribution is 5.92. The molecule has 1 amide bonds. The number of hydrogen-bond donors (Lipinski definition) is 5. The number of carbonyl (C=O) groups is 2. The quantitative estimate of drug-likeness (QED) is 0.176. The zero-order valence-corrected chi connectivity index (χ0v) is 18.9. The largest absolute Gasteiger partial charge is 0.382 e. The topological polar surface area (TPSA) is 127 Å². The Morgan fingerprint density at radius 3 is 2.38 bits per heavy atom. The maximum atomic E-state index is 13.1. The van der Waals surface area contributed by atoms with E-state index >= 15 is 0 Å². The maximum absolute atomic E-state index is 13.1. The molecule has 0 aromatic carbocycles. The van der Waals surface area contributed by atoms with Crippen molar-refractivity contribution in [2.24, 2.45) is 5.73 Å². The molecule has 29 heavy (non-hydrogen) atoms. The van der Waals surface area contributed by atoms with Gasteiger partial charge in [-0.1, -0.05) is 13.8 Å². The molecular weight excluding hydrogens is 374 g/mol. The summed E-state index contributed by atoms with van der Waals surface area (Å²) in [7, 11) is 1.63. The number of Topliss-reactive ketones (excluding diaryl/α,β-unsaturated/α-hetero) is 1. The molecule has 0 saturated heterocycles. The molecule has 172 valence electrons. The number of nitrogens with one attached hydrogen (secondary N) is 4. The van der Waals surface area contributed by atoms with Crippen LogP contribution in [0.2, 0.25) is 0 Å². The molecule has 0 spiro atoms. The van der Waals surface area contributed by atoms with E-state index in [4.69, 9.17) is 15.2 Å². The van der Waals surface area contributed by atoms with Crippen LogP contribution in [-0.2, 0) is 19.1 Å². The second-order valence-corrected chi connectivity index (χ2v) is 7.82. The number of methoxy groups -OCH3 is 1. The number of ketones is 1. The lowest BCUT2D eigenvalue weighted by Gasteiger charge is -2.31. The molecule has 0 aliphatic heterocycles. The van der Waals surface area contributed by atoms with E-state index in [1.165, 1.54) is 0 Å². The molecule has 0 aliphatic carbocycles. The molecule has 0 radical (unpaired) electrons. The first-order valence-corrected chi connectivity index (χ1v) is 10.5. The van der Waals surface area contributed by atoms with Crippen molar-refractivity contribution in [3.63, 3.8) is 0 Å². The van der Waals surface area contributed by atoms with Gasteiger partial charge in [-0.05, 0) is 20.3 Å². The third-order valence-corrected chi connectivity index (χ3v) is 4.32. The van der Waals surface area contributed by atoms with Crippen molar-refractivity contribution in [1.29, 1.82) is 0 Å². The molecule has 1 unspecified atom stereocenters. The van der Waals surface area contributed by atoms with Gasteiger partial charge in [0.1, 0.15) is 0 Å². The first-order valence-electron chi connectivity index (χ1n) is 10.5. The number of carbonyl (C=O) groups excluding carboxylic acids is 2. The molecule has 0 aromatic rings. The molecule has 6 N–H and O–H groups in total. The molecule has 0 aliphatic rings. The minimum atomic E-state index is -0.722. The Morgan fingerprint density at radius 2 is 1.76 bits per heavy atom. The van der Waals surface area contributed by atoms with E-state index < -0.39 is 11.6 Å². The van der Waals surface area contributed by atoms with Crippen molar-refractivity contribution in [3.8, 4) is 0 Å². The van der Waals surface area contributed by atoms with Crippen LogP contribution in [0.25, 0.3) is 0 Å². The summed E-state index contributed by atoms with van der Waals surface area (Å²) in [6, 6.07) is -0.256. The average molecular weight is 418 g/mol. The minimum Gasteiger partial charge on any atom is -0.382 e. The minimum absolute atomic E-state index is 0.0421. The van der Waals surface area contributed by atoms with Gasteiger partial charge < -0.3 is 36.5 Å². The summed E-state index contributed by atoms with van der Waals surface area (Å²) in [4.78, 5) is 25.2. The zero-order chi connectivity index (χ0) is 22.1. The van der Waals surface area contributed by atoms with Gasteiger partial charge in [-0.25, -0.2) is 0 Å². The number of rotatable bonds is 19. The molecule has 1 atom stereocenters. The molecule has 9 nitrogen and oxygen atoms in total. The van der Waals surface area contributed by atoms with E-state index in [0.717, 1.165) is 6.54 Å². The van der Waals surface area contributed by atoms with Crippen LogP contribution in [0, 0.1) is 0 Å². The first kappa shape index (κ1) is 27.9. The Bertz CT molecular complexity index is 447. The standard InChI is InChI=1S/C20H43N5O4/c1-16(2)25-17(6-7-18(26)23-11-10-22-9-8-21)19(27)20(3,4)24-12-13-29-15-14-28-5/h16-17,22,24-25H,6-15,21H2,1-5H3,(H,23,26). The third kappa shape index (κ3) is 14.5. The Balaban J connectivity index is 4.46. The smallest absolute Gasteiger partial charge is 0.220 e. The van der Waals surface area contributed by atoms with Crippen molar-refractivity contribution >= 4 is 11.7 Å². The van der Waals surface area contributed by atoms with Gasteiger partial charge in [-0.2, -0.15) is 0 Å². The van der Waals surface area contributed by atoms with Gasteiger partial charge >= 0.3 is 0 Å². The first-order chi connectivity index (χ1) is 13.7. The van der Waals surface area contributed by atoms with Gasteiger partial charge in [-0.15, -0.1) is 0 Å². The van der Waals surface area contributed by atoms with Gasteiger partial charge in [0, 0.05) is 52.3 Å². The summed E-state index contributed by atoms with van der Waals surface area (Å²) < 4.78 is 10.4. The molecule has 0 saturated carbocycles. The number of ether oxygens (including phenoxy) is 2. The van der Waals surface area contributed by atoms with Crippen molar-refractivity contribution < 1.29 is 19.1 Å². The summed E-state index contributed by atoms with van der Waals surface area (Å²) in [5.74, 6) is -0.0132. The van der Waals surface area contributed by atoms with Crippen LogP contribution < -0.4 is 27.0 Å². The lowest BCUT2D eigenvalue weighted by Crippen LogP contribution is -2.56. The van der Waals surface area contributed by atoms with Crippen molar-refractivity contribution in [2.45, 2.75) is 58.2 Å². The molecule has 0 bridgehead atoms. The highest BCUT2D eigenvalue weighted by atomic mass is 16.5. The van der Waals surface area contributed by atoms with Crippen molar-refractivity contribution in [3.05, 3.63) is 0 Å². The van der Waals surface area contributed by atoms with Gasteiger partial charge in [0.05, 0.1) is 31.4 Å². The lowest BCUT2D eigenvalue weighted by atomic mass is 9.90. The molecule has 9 heteroatoms. The zero-order valence-electron chi connectivity index (χ0n) is 18.9. The van der Waals surface area contributed by atoms with Crippen LogP contribution in [0.5, 0.6) is 0 Å². The van der Waals surface area contributed by atoms with Crippen LogP contribution in [0.15, 0.2) is 0 Å². The summed E-state index contributed by atoms with van der Waals surface area (Å²) in [6.07, 6.45) is 0.748. The SMILES string of the molecule is COCCOCCNC(C)(C)C(=O)C(CCC(=O)NCCNCCN)NC(C)C. The van der Waals surface area contributed by atoms with Crippen molar-refractivity contribution in [1.82, 2.24) is 21.3 Å². The average Bonchev–Trinajstić information content (AvgIpc) is 2.66. The summed E-state index contributed by atoms with van der Waals surface area (Å²) in [5.41, 5.74) is 4.68. The Kier molecular flexibility index (Phi) is 16.0. The second-order valence-electron chi connectivity index (χ2n) is 7.82. The maximum Gasteiger partial charge on any atom is 0.220 e. The molecule has 0 fully saturated rings. The summed E-state index contributed by atoms with van der Waals surface area (Å²) in [5, 5.41) is 12.5. The Hall–Kier alpha value is -1.10. The fourth-order valence-corrected chi connectivity index (χ4v) is 2.78. The van der Waals surface area contributed by atoms with E-state index in [2.05, 4.69) is 21.3 Å². The van der Waals surface area contributed by atoms with Crippen molar-refractivity contribution in [2.75, 3.05) is 59.7 Å². The predicted octanol–water partition coefficient (Wildman–Crippen LogP) is -0.602. The molecule has 0 rings (SSSR count). The van der Waals surface area contributed by atoms with Gasteiger partial charge in [-0.3, -0.25) is 9.59 Å². The molecular formula is C20H43N5O4. The van der Waals surface area contributed by atoms with Crippen LogP contribution in [-0.4, -0.2) is 89.0 Å². The summed E-state index contributed by atoms with van der Waals surface area (Å²) in [6.45, 7) is 12.4. The van der Waals surface area contributed by atoms with Gasteiger partial charge in [0.2, 0.25) is 5.91 Å². The summed E-state index contributed by atoms with van der Waals surface area (Å²) >= 11 is 0. The Labute approximate surface area is 176 Å². The van der Waals surface area contributed by atoms with E-state index in [1.807, 2.05) is 27.7 Å². The monoisotopic (exact) mass is 417 g/mol. The number of amides is 1. The second kappa shape index (κ2) is 16.7. The normalized spacial score (nSPS) is 12.9. The van der Waals surface area contributed by atoms with Gasteiger partial charge in [0.25, 0.3) is 0 Å².